The summed E-state index contributed by atoms with van der Waals surface area (Å²) in [5.74, 6) is 1.22. The normalized spacial score (nSPS) is 10.2. The second-order valence-corrected chi connectivity index (χ2v) is 4.39. The number of aromatic nitrogens is 4. The minimum Gasteiger partial charge on any atom is -0.496 e. The smallest absolute Gasteiger partial charge is 0.260 e. The molecule has 1 aromatic carbocycles. The van der Waals surface area contributed by atoms with Crippen LogP contribution < -0.4 is 10.1 Å². The molecule has 1 amide bonds. The van der Waals surface area contributed by atoms with Gasteiger partial charge in [-0.25, -0.2) is 15.0 Å². The third-order valence-corrected chi connectivity index (χ3v) is 3.01. The minimum absolute atomic E-state index is 0.298. The van der Waals surface area contributed by atoms with E-state index >= 15 is 0 Å². The first-order valence-electron chi connectivity index (χ1n) is 6.52. The molecule has 7 nitrogen and oxygen atoms in total. The number of hydrogen-bond donors (Lipinski definition) is 1. The zero-order valence-corrected chi connectivity index (χ0v) is 11.8. The molecule has 0 unspecified atom stereocenters. The van der Waals surface area contributed by atoms with Gasteiger partial charge in [-0.1, -0.05) is 12.1 Å². The number of carbonyl (C=O) groups is 1. The van der Waals surface area contributed by atoms with Gasteiger partial charge in [-0.15, -0.1) is 0 Å². The van der Waals surface area contributed by atoms with Crippen molar-refractivity contribution in [2.75, 3.05) is 12.4 Å². The Morgan fingerprint density at radius 2 is 2.14 bits per heavy atom. The first kappa shape index (κ1) is 13.7. The Bertz CT molecular complexity index is 786. The second kappa shape index (κ2) is 6.04. The fraction of sp³-hybridized carbons (Fsp3) is 0.0667. The van der Waals surface area contributed by atoms with E-state index in [1.807, 2.05) is 0 Å². The summed E-state index contributed by atoms with van der Waals surface area (Å²) in [4.78, 5) is 24.5. The van der Waals surface area contributed by atoms with Gasteiger partial charge in [0, 0.05) is 18.5 Å². The highest BCUT2D eigenvalue weighted by Crippen LogP contribution is 2.18. The molecule has 0 aliphatic rings. The molecule has 0 spiro atoms. The van der Waals surface area contributed by atoms with E-state index in [4.69, 9.17) is 4.74 Å². The van der Waals surface area contributed by atoms with Crippen molar-refractivity contribution in [1.29, 1.82) is 0 Å². The SMILES string of the molecule is COc1ccccc1C(=O)Nc1cc(-n2ccnc2)ncn1. The van der Waals surface area contributed by atoms with Crippen molar-refractivity contribution in [3.05, 3.63) is 60.9 Å². The van der Waals surface area contributed by atoms with E-state index in [1.165, 1.54) is 13.4 Å². The number of benzene rings is 1. The monoisotopic (exact) mass is 295 g/mol. The van der Waals surface area contributed by atoms with Gasteiger partial charge in [0.2, 0.25) is 0 Å². The number of imidazole rings is 1. The van der Waals surface area contributed by atoms with Crippen LogP contribution in [0.5, 0.6) is 5.75 Å². The third-order valence-electron chi connectivity index (χ3n) is 3.01. The maximum absolute atomic E-state index is 12.3. The highest BCUT2D eigenvalue weighted by molar-refractivity contribution is 6.05. The standard InChI is InChI=1S/C15H13N5O2/c1-22-12-5-3-2-4-11(12)15(21)19-13-8-14(18-9-17-13)20-7-6-16-10-20/h2-10H,1H3,(H,17,18,19,21). The number of carbonyl (C=O) groups excluding carboxylic acids is 1. The predicted octanol–water partition coefficient (Wildman–Crippen LogP) is 1.92. The predicted molar refractivity (Wildman–Crippen MR) is 80.1 cm³/mol. The van der Waals surface area contributed by atoms with Gasteiger partial charge < -0.3 is 10.1 Å². The third kappa shape index (κ3) is 2.78. The highest BCUT2D eigenvalue weighted by Gasteiger charge is 2.12. The van der Waals surface area contributed by atoms with Crippen LogP contribution in [0.3, 0.4) is 0 Å². The van der Waals surface area contributed by atoms with Crippen molar-refractivity contribution in [3.63, 3.8) is 0 Å². The molecular weight excluding hydrogens is 282 g/mol. The number of methoxy groups -OCH3 is 1. The lowest BCUT2D eigenvalue weighted by molar-refractivity contribution is 0.102. The summed E-state index contributed by atoms with van der Waals surface area (Å²) >= 11 is 0. The van der Waals surface area contributed by atoms with Crippen LogP contribution in [0.2, 0.25) is 0 Å². The molecule has 3 rings (SSSR count). The zero-order chi connectivity index (χ0) is 15.4. The average Bonchev–Trinajstić information content (AvgIpc) is 3.09. The summed E-state index contributed by atoms with van der Waals surface area (Å²) in [5.41, 5.74) is 0.438. The highest BCUT2D eigenvalue weighted by atomic mass is 16.5. The molecule has 0 bridgehead atoms. The molecule has 3 aromatic rings. The van der Waals surface area contributed by atoms with Crippen LogP contribution in [0.15, 0.2) is 55.4 Å². The van der Waals surface area contributed by atoms with Gasteiger partial charge in [0.1, 0.15) is 30.0 Å². The minimum atomic E-state index is -0.298. The maximum atomic E-state index is 12.3. The molecule has 22 heavy (non-hydrogen) atoms. The first-order valence-corrected chi connectivity index (χ1v) is 6.52. The fourth-order valence-electron chi connectivity index (χ4n) is 1.97. The summed E-state index contributed by atoms with van der Waals surface area (Å²) < 4.78 is 6.90. The Labute approximate surface area is 126 Å². The van der Waals surface area contributed by atoms with Crippen molar-refractivity contribution in [3.8, 4) is 11.6 Å². The molecule has 0 fully saturated rings. The van der Waals surface area contributed by atoms with Gasteiger partial charge in [-0.2, -0.15) is 0 Å². The Morgan fingerprint density at radius 1 is 1.27 bits per heavy atom. The number of ether oxygens (including phenoxy) is 1. The van der Waals surface area contributed by atoms with Crippen LogP contribution in [0, 0.1) is 0 Å². The van der Waals surface area contributed by atoms with Crippen molar-refractivity contribution in [1.82, 2.24) is 19.5 Å². The summed E-state index contributed by atoms with van der Waals surface area (Å²) in [5, 5.41) is 2.73. The number of amides is 1. The number of anilines is 1. The molecule has 0 radical (unpaired) electrons. The lowest BCUT2D eigenvalue weighted by Crippen LogP contribution is -2.14. The molecule has 0 saturated heterocycles. The van der Waals surface area contributed by atoms with Crippen LogP contribution in [-0.4, -0.2) is 32.5 Å². The Morgan fingerprint density at radius 3 is 2.91 bits per heavy atom. The van der Waals surface area contributed by atoms with Gasteiger partial charge in [0.25, 0.3) is 5.91 Å². The second-order valence-electron chi connectivity index (χ2n) is 4.39. The largest absolute Gasteiger partial charge is 0.496 e. The summed E-state index contributed by atoms with van der Waals surface area (Å²) in [6.45, 7) is 0. The Hall–Kier alpha value is -3.22. The number of rotatable bonds is 4. The molecule has 0 aliphatic carbocycles. The van der Waals surface area contributed by atoms with Crippen molar-refractivity contribution < 1.29 is 9.53 Å². The van der Waals surface area contributed by atoms with E-state index in [2.05, 4.69) is 20.3 Å². The zero-order valence-electron chi connectivity index (χ0n) is 11.8. The van der Waals surface area contributed by atoms with E-state index in [0.717, 1.165) is 0 Å². The number of nitrogens with zero attached hydrogens (tertiary/aromatic N) is 4. The molecule has 110 valence electrons. The van der Waals surface area contributed by atoms with Crippen LogP contribution in [0.25, 0.3) is 5.82 Å². The Balaban J connectivity index is 1.84. The molecule has 2 heterocycles. The molecule has 7 heteroatoms. The van der Waals surface area contributed by atoms with Crippen LogP contribution in [0.4, 0.5) is 5.82 Å². The van der Waals surface area contributed by atoms with Gasteiger partial charge in [0.05, 0.1) is 12.7 Å². The molecule has 1 N–H and O–H groups in total. The van der Waals surface area contributed by atoms with E-state index in [0.29, 0.717) is 22.9 Å². The first-order chi connectivity index (χ1) is 10.8. The van der Waals surface area contributed by atoms with Crippen LogP contribution >= 0.6 is 0 Å². The molecule has 2 aromatic heterocycles. The number of para-hydroxylation sites is 1. The van der Waals surface area contributed by atoms with Gasteiger partial charge in [-0.3, -0.25) is 9.36 Å². The molecule has 0 atom stereocenters. The summed E-state index contributed by atoms with van der Waals surface area (Å²) in [7, 11) is 1.52. The summed E-state index contributed by atoms with van der Waals surface area (Å²) in [6.07, 6.45) is 6.41. The molecule has 0 saturated carbocycles. The van der Waals surface area contributed by atoms with Crippen LogP contribution in [0.1, 0.15) is 10.4 Å². The van der Waals surface area contributed by atoms with Gasteiger partial charge in [0.15, 0.2) is 0 Å². The molecule has 0 aliphatic heterocycles. The van der Waals surface area contributed by atoms with Crippen LogP contribution in [-0.2, 0) is 0 Å². The lowest BCUT2D eigenvalue weighted by Gasteiger charge is -2.09. The topological polar surface area (TPSA) is 81.9 Å². The van der Waals surface area contributed by atoms with Crippen molar-refractivity contribution >= 4 is 11.7 Å². The average molecular weight is 295 g/mol. The van der Waals surface area contributed by atoms with E-state index < -0.39 is 0 Å². The van der Waals surface area contributed by atoms with E-state index in [1.54, 1.807) is 53.6 Å². The maximum Gasteiger partial charge on any atom is 0.260 e. The van der Waals surface area contributed by atoms with Gasteiger partial charge in [-0.05, 0) is 12.1 Å². The number of nitrogens with one attached hydrogen (secondary N) is 1. The van der Waals surface area contributed by atoms with E-state index in [9.17, 15) is 4.79 Å². The van der Waals surface area contributed by atoms with E-state index in [-0.39, 0.29) is 5.91 Å². The molecular formula is C15H13N5O2. The number of hydrogen-bond acceptors (Lipinski definition) is 5. The lowest BCUT2D eigenvalue weighted by atomic mass is 10.2. The summed E-state index contributed by atoms with van der Waals surface area (Å²) in [6, 6.07) is 8.65. The Kier molecular flexibility index (Phi) is 3.78. The van der Waals surface area contributed by atoms with Gasteiger partial charge >= 0.3 is 0 Å². The van der Waals surface area contributed by atoms with Crippen molar-refractivity contribution in [2.45, 2.75) is 0 Å². The quantitative estimate of drug-likeness (QED) is 0.795. The fourth-order valence-corrected chi connectivity index (χ4v) is 1.97. The van der Waals surface area contributed by atoms with Crippen molar-refractivity contribution in [2.24, 2.45) is 0 Å².